The molecule has 0 aliphatic carbocycles. The van der Waals surface area contributed by atoms with Crippen LogP contribution in [0.25, 0.3) is 0 Å². The van der Waals surface area contributed by atoms with E-state index >= 15 is 0 Å². The SMILES string of the molecule is O=C(OCc1ccc(Cl)cc1Cl)c1ccc(S(=O)(=O)NC2CCS(=O)(=O)C2)cc1. The zero-order valence-corrected chi connectivity index (χ0v) is 18.1. The molecule has 1 saturated heterocycles. The van der Waals surface area contributed by atoms with Gasteiger partial charge in [-0.15, -0.1) is 0 Å². The highest BCUT2D eigenvalue weighted by atomic mass is 35.5. The van der Waals surface area contributed by atoms with Crippen LogP contribution in [0.2, 0.25) is 10.0 Å². The Hall–Kier alpha value is -1.65. The van der Waals surface area contributed by atoms with Crippen LogP contribution in [0.3, 0.4) is 0 Å². The van der Waals surface area contributed by atoms with Gasteiger partial charge in [0.25, 0.3) is 0 Å². The maximum absolute atomic E-state index is 12.4. The molecular formula is C18H17Cl2NO6S2. The first-order valence-electron chi connectivity index (χ1n) is 8.50. The van der Waals surface area contributed by atoms with Crippen molar-refractivity contribution in [1.82, 2.24) is 4.72 Å². The van der Waals surface area contributed by atoms with Crippen LogP contribution >= 0.6 is 23.2 Å². The molecule has 1 aliphatic rings. The smallest absolute Gasteiger partial charge is 0.338 e. The summed E-state index contributed by atoms with van der Waals surface area (Å²) in [5.74, 6) is -0.901. The third kappa shape index (κ3) is 5.70. The van der Waals surface area contributed by atoms with E-state index in [4.69, 9.17) is 27.9 Å². The summed E-state index contributed by atoms with van der Waals surface area (Å²) in [5, 5.41) is 0.831. The molecule has 0 saturated carbocycles. The van der Waals surface area contributed by atoms with Gasteiger partial charge in [0, 0.05) is 21.7 Å². The Morgan fingerprint density at radius 1 is 1.14 bits per heavy atom. The maximum atomic E-state index is 12.4. The van der Waals surface area contributed by atoms with Crippen LogP contribution in [-0.4, -0.2) is 40.4 Å². The summed E-state index contributed by atoms with van der Waals surface area (Å²) in [6.07, 6.45) is 0.235. The van der Waals surface area contributed by atoms with Crippen molar-refractivity contribution in [3.63, 3.8) is 0 Å². The number of nitrogens with one attached hydrogen (secondary N) is 1. The number of hydrogen-bond donors (Lipinski definition) is 1. The summed E-state index contributed by atoms with van der Waals surface area (Å²) in [6, 6.07) is 9.32. The van der Waals surface area contributed by atoms with Crippen molar-refractivity contribution >= 4 is 49.0 Å². The minimum Gasteiger partial charge on any atom is -0.457 e. The van der Waals surface area contributed by atoms with Crippen LogP contribution in [0, 0.1) is 0 Å². The zero-order chi connectivity index (χ0) is 21.2. The van der Waals surface area contributed by atoms with Crippen molar-refractivity contribution in [2.24, 2.45) is 0 Å². The Morgan fingerprint density at radius 2 is 1.83 bits per heavy atom. The largest absolute Gasteiger partial charge is 0.457 e. The Bertz CT molecular complexity index is 1130. The van der Waals surface area contributed by atoms with Crippen LogP contribution in [-0.2, 0) is 31.2 Å². The second-order valence-electron chi connectivity index (χ2n) is 6.56. The number of carbonyl (C=O) groups is 1. The monoisotopic (exact) mass is 477 g/mol. The summed E-state index contributed by atoms with van der Waals surface area (Å²) in [5.41, 5.74) is 0.747. The number of halogens is 2. The Kier molecular flexibility index (Phi) is 6.54. The number of ether oxygens (including phenoxy) is 1. The lowest BCUT2D eigenvalue weighted by Crippen LogP contribution is -2.35. The molecule has 29 heavy (non-hydrogen) atoms. The fraction of sp³-hybridized carbons (Fsp3) is 0.278. The van der Waals surface area contributed by atoms with Gasteiger partial charge < -0.3 is 4.74 Å². The minimum atomic E-state index is -3.90. The molecule has 2 aromatic carbocycles. The molecule has 1 unspecified atom stereocenters. The van der Waals surface area contributed by atoms with Gasteiger partial charge in [0.05, 0.1) is 22.0 Å². The van der Waals surface area contributed by atoms with E-state index in [2.05, 4.69) is 4.72 Å². The molecule has 1 aliphatic heterocycles. The van der Waals surface area contributed by atoms with Gasteiger partial charge in [-0.25, -0.2) is 26.4 Å². The van der Waals surface area contributed by atoms with Crippen molar-refractivity contribution in [2.45, 2.75) is 24.0 Å². The lowest BCUT2D eigenvalue weighted by atomic mass is 10.2. The number of sulfone groups is 1. The van der Waals surface area contributed by atoms with E-state index in [0.29, 0.717) is 15.6 Å². The maximum Gasteiger partial charge on any atom is 0.338 e. The minimum absolute atomic E-state index is 0.0391. The first-order chi connectivity index (χ1) is 13.6. The van der Waals surface area contributed by atoms with Crippen molar-refractivity contribution in [1.29, 1.82) is 0 Å². The van der Waals surface area contributed by atoms with E-state index < -0.39 is 31.9 Å². The topological polar surface area (TPSA) is 107 Å². The molecule has 156 valence electrons. The van der Waals surface area contributed by atoms with E-state index in [1.165, 1.54) is 30.3 Å². The van der Waals surface area contributed by atoms with Crippen LogP contribution in [0.15, 0.2) is 47.4 Å². The summed E-state index contributed by atoms with van der Waals surface area (Å²) < 4.78 is 55.4. The lowest BCUT2D eigenvalue weighted by molar-refractivity contribution is 0.0472. The standard InChI is InChI=1S/C18H17Cl2NO6S2/c19-14-4-1-13(17(20)9-14)10-27-18(22)12-2-5-16(6-3-12)29(25,26)21-15-7-8-28(23,24)11-15/h1-6,9,15,21H,7-8,10-11H2. The molecule has 1 fully saturated rings. The molecule has 11 heteroatoms. The number of rotatable bonds is 6. The van der Waals surface area contributed by atoms with E-state index in [1.54, 1.807) is 12.1 Å². The van der Waals surface area contributed by atoms with Gasteiger partial charge in [0.15, 0.2) is 9.84 Å². The molecule has 3 rings (SSSR count). The van der Waals surface area contributed by atoms with E-state index in [-0.39, 0.29) is 35.0 Å². The summed E-state index contributed by atoms with van der Waals surface area (Å²) in [4.78, 5) is 12.1. The third-order valence-corrected chi connectivity index (χ3v) is 8.22. The predicted octanol–water partition coefficient (Wildman–Crippen LogP) is 2.82. The van der Waals surface area contributed by atoms with Gasteiger partial charge in [0.2, 0.25) is 10.0 Å². The number of sulfonamides is 1. The Morgan fingerprint density at radius 3 is 2.41 bits per heavy atom. The molecule has 0 spiro atoms. The molecule has 0 bridgehead atoms. The highest BCUT2D eigenvalue weighted by Crippen LogP contribution is 2.22. The highest BCUT2D eigenvalue weighted by molar-refractivity contribution is 7.92. The van der Waals surface area contributed by atoms with E-state index in [0.717, 1.165) is 0 Å². The van der Waals surface area contributed by atoms with Crippen molar-refractivity contribution < 1.29 is 26.4 Å². The summed E-state index contributed by atoms with van der Waals surface area (Å²) in [6.45, 7) is -0.0629. The first-order valence-corrected chi connectivity index (χ1v) is 12.6. The predicted molar refractivity (Wildman–Crippen MR) is 109 cm³/mol. The van der Waals surface area contributed by atoms with Crippen LogP contribution in [0.4, 0.5) is 0 Å². The molecule has 1 atom stereocenters. The average molecular weight is 478 g/mol. The number of benzene rings is 2. The van der Waals surface area contributed by atoms with Gasteiger partial charge in [-0.05, 0) is 42.8 Å². The molecule has 2 aromatic rings. The fourth-order valence-corrected chi connectivity index (χ4v) is 6.32. The van der Waals surface area contributed by atoms with Gasteiger partial charge in [-0.3, -0.25) is 0 Å². The normalized spacial score (nSPS) is 18.5. The molecule has 0 amide bonds. The van der Waals surface area contributed by atoms with Crippen LogP contribution in [0.5, 0.6) is 0 Å². The van der Waals surface area contributed by atoms with Gasteiger partial charge >= 0.3 is 5.97 Å². The van der Waals surface area contributed by atoms with Gasteiger partial charge in [-0.2, -0.15) is 0 Å². The van der Waals surface area contributed by atoms with Gasteiger partial charge in [0.1, 0.15) is 6.61 Å². The number of esters is 1. The van der Waals surface area contributed by atoms with Crippen molar-refractivity contribution in [3.05, 3.63) is 63.6 Å². The van der Waals surface area contributed by atoms with Crippen LogP contribution < -0.4 is 4.72 Å². The van der Waals surface area contributed by atoms with Crippen LogP contribution in [0.1, 0.15) is 22.3 Å². The van der Waals surface area contributed by atoms with Gasteiger partial charge in [-0.1, -0.05) is 29.3 Å². The average Bonchev–Trinajstić information content (AvgIpc) is 2.98. The number of hydrogen-bond acceptors (Lipinski definition) is 6. The molecule has 1 N–H and O–H groups in total. The zero-order valence-electron chi connectivity index (χ0n) is 15.0. The molecular weight excluding hydrogens is 461 g/mol. The van der Waals surface area contributed by atoms with E-state index in [9.17, 15) is 21.6 Å². The summed E-state index contributed by atoms with van der Waals surface area (Å²) >= 11 is 11.8. The quantitative estimate of drug-likeness (QED) is 0.640. The molecule has 1 heterocycles. The Balaban J connectivity index is 1.63. The summed E-state index contributed by atoms with van der Waals surface area (Å²) in [7, 11) is -7.11. The van der Waals surface area contributed by atoms with E-state index in [1.807, 2.05) is 0 Å². The lowest BCUT2D eigenvalue weighted by Gasteiger charge is -2.12. The van der Waals surface area contributed by atoms with Crippen molar-refractivity contribution in [3.8, 4) is 0 Å². The molecule has 7 nitrogen and oxygen atoms in total. The molecule has 0 aromatic heterocycles. The van der Waals surface area contributed by atoms with Crippen molar-refractivity contribution in [2.75, 3.05) is 11.5 Å². The third-order valence-electron chi connectivity index (χ3n) is 4.33. The number of carbonyl (C=O) groups excluding carboxylic acids is 1. The molecule has 0 radical (unpaired) electrons. The second kappa shape index (κ2) is 8.61. The first kappa shape index (κ1) is 22.0. The fourth-order valence-electron chi connectivity index (χ4n) is 2.81. The second-order valence-corrected chi connectivity index (χ2v) is 11.3. The Labute approximate surface area is 178 Å². The highest BCUT2D eigenvalue weighted by Gasteiger charge is 2.31.